The van der Waals surface area contributed by atoms with Crippen molar-refractivity contribution in [1.82, 2.24) is 0 Å². The van der Waals surface area contributed by atoms with Crippen LogP contribution in [0, 0.1) is 5.92 Å². The van der Waals surface area contributed by atoms with Gasteiger partial charge in [-0.3, -0.25) is 0 Å². The van der Waals surface area contributed by atoms with Gasteiger partial charge in [0.05, 0.1) is 6.61 Å². The van der Waals surface area contributed by atoms with Gasteiger partial charge in [0, 0.05) is 6.08 Å². The molecule has 96 valence electrons. The highest BCUT2D eigenvalue weighted by Crippen LogP contribution is 2.14. The van der Waals surface area contributed by atoms with Crippen LogP contribution in [0.25, 0.3) is 0 Å². The molecule has 1 rings (SSSR count). The number of hydrogen-bond donors (Lipinski definition) is 0. The van der Waals surface area contributed by atoms with Gasteiger partial charge >= 0.3 is 5.97 Å². The van der Waals surface area contributed by atoms with E-state index in [-0.39, 0.29) is 11.9 Å². The van der Waals surface area contributed by atoms with Gasteiger partial charge in [-0.1, -0.05) is 42.5 Å². The first-order valence-corrected chi connectivity index (χ1v) is 6.26. The number of hydrogen-bond acceptors (Lipinski definition) is 2. The van der Waals surface area contributed by atoms with Crippen molar-refractivity contribution in [2.24, 2.45) is 5.92 Å². The molecule has 0 amide bonds. The monoisotopic (exact) mass is 244 g/mol. The normalized spacial score (nSPS) is 12.3. The first-order chi connectivity index (χ1) is 8.76. The van der Waals surface area contributed by atoms with Crippen LogP contribution < -0.4 is 0 Å². The van der Waals surface area contributed by atoms with E-state index in [1.165, 1.54) is 11.6 Å². The molecule has 1 atom stereocenters. The zero-order valence-electron chi connectivity index (χ0n) is 10.8. The molecule has 2 heteroatoms. The smallest absolute Gasteiger partial charge is 0.330 e. The van der Waals surface area contributed by atoms with Crippen LogP contribution in [-0.4, -0.2) is 12.6 Å². The Morgan fingerprint density at radius 2 is 2.11 bits per heavy atom. The molecule has 18 heavy (non-hydrogen) atoms. The third-order valence-electron chi connectivity index (χ3n) is 2.60. The van der Waals surface area contributed by atoms with Gasteiger partial charge in [-0.15, -0.1) is 6.58 Å². The van der Waals surface area contributed by atoms with Crippen LogP contribution in [0.1, 0.15) is 18.9 Å². The topological polar surface area (TPSA) is 26.3 Å². The van der Waals surface area contributed by atoms with Gasteiger partial charge in [0.25, 0.3) is 0 Å². The lowest BCUT2D eigenvalue weighted by Gasteiger charge is -2.10. The molecular weight excluding hydrogens is 224 g/mol. The van der Waals surface area contributed by atoms with Crippen molar-refractivity contribution in [3.05, 3.63) is 60.7 Å². The molecule has 0 N–H and O–H groups in total. The number of esters is 1. The number of benzene rings is 1. The van der Waals surface area contributed by atoms with Crippen molar-refractivity contribution >= 4 is 5.97 Å². The van der Waals surface area contributed by atoms with Gasteiger partial charge in [0.2, 0.25) is 0 Å². The van der Waals surface area contributed by atoms with Crippen molar-refractivity contribution in [1.29, 1.82) is 0 Å². The number of carbonyl (C=O) groups is 1. The summed E-state index contributed by atoms with van der Waals surface area (Å²) >= 11 is 0. The Kier molecular flexibility index (Phi) is 6.55. The summed E-state index contributed by atoms with van der Waals surface area (Å²) in [5.41, 5.74) is 1.26. The first kappa shape index (κ1) is 14.2. The van der Waals surface area contributed by atoms with E-state index in [9.17, 15) is 4.79 Å². The molecule has 0 aliphatic rings. The second-order valence-electron chi connectivity index (χ2n) is 4.09. The molecule has 0 heterocycles. The molecule has 0 saturated heterocycles. The molecule has 0 spiro atoms. The number of allylic oxidation sites excluding steroid dienone is 2. The number of carbonyl (C=O) groups excluding carboxylic acids is 1. The van der Waals surface area contributed by atoms with Crippen LogP contribution in [0.2, 0.25) is 0 Å². The van der Waals surface area contributed by atoms with Crippen LogP contribution in [0.15, 0.2) is 55.1 Å². The van der Waals surface area contributed by atoms with E-state index in [1.54, 1.807) is 6.92 Å². The van der Waals surface area contributed by atoms with Crippen LogP contribution in [0.5, 0.6) is 0 Å². The van der Waals surface area contributed by atoms with Crippen molar-refractivity contribution in [3.8, 4) is 0 Å². The molecule has 0 aromatic heterocycles. The van der Waals surface area contributed by atoms with E-state index in [2.05, 4.69) is 18.7 Å². The summed E-state index contributed by atoms with van der Waals surface area (Å²) in [5, 5.41) is 0. The van der Waals surface area contributed by atoms with Crippen molar-refractivity contribution in [3.63, 3.8) is 0 Å². The quantitative estimate of drug-likeness (QED) is 0.416. The van der Waals surface area contributed by atoms with E-state index in [0.29, 0.717) is 6.61 Å². The highest BCUT2D eigenvalue weighted by atomic mass is 16.5. The molecule has 0 saturated carbocycles. The summed E-state index contributed by atoms with van der Waals surface area (Å²) in [6.45, 7) is 5.97. The summed E-state index contributed by atoms with van der Waals surface area (Å²) in [6.07, 6.45) is 7.06. The van der Waals surface area contributed by atoms with Gasteiger partial charge in [0.15, 0.2) is 0 Å². The highest BCUT2D eigenvalue weighted by molar-refractivity contribution is 5.81. The lowest BCUT2D eigenvalue weighted by Crippen LogP contribution is -2.04. The second kappa shape index (κ2) is 8.29. The van der Waals surface area contributed by atoms with Gasteiger partial charge < -0.3 is 4.74 Å². The third-order valence-corrected chi connectivity index (χ3v) is 2.60. The number of ether oxygens (including phenoxy) is 1. The highest BCUT2D eigenvalue weighted by Gasteiger charge is 2.05. The van der Waals surface area contributed by atoms with Crippen molar-refractivity contribution in [2.75, 3.05) is 6.61 Å². The van der Waals surface area contributed by atoms with Gasteiger partial charge in [-0.25, -0.2) is 4.79 Å². The SMILES string of the molecule is C=CCC(/C=C/C(=O)OCC)Cc1ccccc1. The molecule has 1 unspecified atom stereocenters. The predicted molar refractivity (Wildman–Crippen MR) is 74.2 cm³/mol. The van der Waals surface area contributed by atoms with Crippen LogP contribution in [0.4, 0.5) is 0 Å². The van der Waals surface area contributed by atoms with E-state index in [4.69, 9.17) is 4.74 Å². The zero-order valence-corrected chi connectivity index (χ0v) is 10.8. The largest absolute Gasteiger partial charge is 0.463 e. The summed E-state index contributed by atoms with van der Waals surface area (Å²) in [5.74, 6) is 0.00827. The Bertz CT molecular complexity index is 393. The van der Waals surface area contributed by atoms with E-state index >= 15 is 0 Å². The third kappa shape index (κ3) is 5.48. The Balaban J connectivity index is 2.60. The Hall–Kier alpha value is -1.83. The second-order valence-corrected chi connectivity index (χ2v) is 4.09. The summed E-state index contributed by atoms with van der Waals surface area (Å²) in [4.78, 5) is 11.3. The van der Waals surface area contributed by atoms with E-state index in [1.807, 2.05) is 30.4 Å². The van der Waals surface area contributed by atoms with Gasteiger partial charge in [-0.05, 0) is 31.2 Å². The van der Waals surface area contributed by atoms with Gasteiger partial charge in [0.1, 0.15) is 0 Å². The fraction of sp³-hybridized carbons (Fsp3) is 0.312. The maximum atomic E-state index is 11.3. The fourth-order valence-electron chi connectivity index (χ4n) is 1.77. The molecule has 2 nitrogen and oxygen atoms in total. The molecule has 1 aromatic carbocycles. The molecule has 0 aliphatic heterocycles. The summed E-state index contributed by atoms with van der Waals surface area (Å²) < 4.78 is 4.87. The predicted octanol–water partition coefficient (Wildman–Crippen LogP) is 3.54. The van der Waals surface area contributed by atoms with Crippen LogP contribution in [0.3, 0.4) is 0 Å². The molecule has 0 fully saturated rings. The summed E-state index contributed by atoms with van der Waals surface area (Å²) in [7, 11) is 0. The van der Waals surface area contributed by atoms with Crippen molar-refractivity contribution < 1.29 is 9.53 Å². The Morgan fingerprint density at radius 1 is 1.39 bits per heavy atom. The first-order valence-electron chi connectivity index (χ1n) is 6.26. The minimum absolute atomic E-state index is 0.278. The Labute approximate surface area is 109 Å². The molecule has 0 aliphatic carbocycles. The molecule has 1 aromatic rings. The fourth-order valence-corrected chi connectivity index (χ4v) is 1.77. The average Bonchev–Trinajstić information content (AvgIpc) is 2.38. The minimum atomic E-state index is -0.278. The van der Waals surface area contributed by atoms with E-state index < -0.39 is 0 Å². The maximum absolute atomic E-state index is 11.3. The van der Waals surface area contributed by atoms with Crippen LogP contribution in [-0.2, 0) is 16.0 Å². The lowest BCUT2D eigenvalue weighted by atomic mass is 9.96. The van der Waals surface area contributed by atoms with Crippen molar-refractivity contribution in [2.45, 2.75) is 19.8 Å². The van der Waals surface area contributed by atoms with Crippen LogP contribution >= 0.6 is 0 Å². The maximum Gasteiger partial charge on any atom is 0.330 e. The van der Waals surface area contributed by atoms with Gasteiger partial charge in [-0.2, -0.15) is 0 Å². The van der Waals surface area contributed by atoms with E-state index in [0.717, 1.165) is 12.8 Å². The minimum Gasteiger partial charge on any atom is -0.463 e. The number of rotatable bonds is 7. The molecule has 0 radical (unpaired) electrons. The Morgan fingerprint density at radius 3 is 2.72 bits per heavy atom. The standard InChI is InChI=1S/C16H20O2/c1-3-8-14(11-12-16(17)18-4-2)13-15-9-6-5-7-10-15/h3,5-7,9-12,14H,1,4,8,13H2,2H3/b12-11+. The molecule has 0 bridgehead atoms. The lowest BCUT2D eigenvalue weighted by molar-refractivity contribution is -0.137. The molecular formula is C16H20O2. The summed E-state index contributed by atoms with van der Waals surface area (Å²) in [6, 6.07) is 10.2. The average molecular weight is 244 g/mol. The zero-order chi connectivity index (χ0) is 13.2.